The molecule has 0 aliphatic carbocycles. The normalized spacial score (nSPS) is 13.6. The molecule has 1 N–H and O–H groups in total. The van der Waals surface area contributed by atoms with Crippen LogP contribution in [0.15, 0.2) is 95.6 Å². The summed E-state index contributed by atoms with van der Waals surface area (Å²) >= 11 is 7.87. The summed E-state index contributed by atoms with van der Waals surface area (Å²) in [4.78, 5) is 21.0. The van der Waals surface area contributed by atoms with Crippen LogP contribution in [0.5, 0.6) is 0 Å². The Morgan fingerprint density at radius 3 is 1.47 bits per heavy atom. The van der Waals surface area contributed by atoms with Crippen LogP contribution in [-0.4, -0.2) is 10.7 Å². The Morgan fingerprint density at radius 1 is 0.484 bits per heavy atom. The Morgan fingerprint density at radius 2 is 0.935 bits per heavy atom. The van der Waals surface area contributed by atoms with Gasteiger partial charge in [0.05, 0.1) is 26.9 Å². The highest BCUT2D eigenvalue weighted by Gasteiger charge is 2.27. The molecule has 0 bridgehead atoms. The number of aromatic nitrogens is 1. The van der Waals surface area contributed by atoms with Gasteiger partial charge in [-0.3, -0.25) is 0 Å². The van der Waals surface area contributed by atoms with E-state index in [1.54, 1.807) is 0 Å². The molecule has 0 fully saturated rings. The number of benzene rings is 1. The van der Waals surface area contributed by atoms with Gasteiger partial charge in [-0.15, -0.1) is 45.3 Å². The number of unbranched alkanes of at least 4 members (excludes halogenated alkanes) is 12. The van der Waals surface area contributed by atoms with E-state index in [4.69, 9.17) is 4.99 Å². The van der Waals surface area contributed by atoms with E-state index < -0.39 is 0 Å². The number of hydrogen-bond acceptors (Lipinski definition) is 5. The van der Waals surface area contributed by atoms with Crippen molar-refractivity contribution in [3.8, 4) is 21.0 Å². The van der Waals surface area contributed by atoms with E-state index in [1.165, 1.54) is 175 Å². The van der Waals surface area contributed by atoms with Gasteiger partial charge in [0.15, 0.2) is 0 Å². The topological polar surface area (TPSA) is 28.1 Å². The predicted molar refractivity (Wildman–Crippen MR) is 279 cm³/mol. The first kappa shape index (κ1) is 46.4. The molecule has 0 unspecified atom stereocenters. The first-order valence-electron chi connectivity index (χ1n) is 24.2. The SMILES string of the molecule is CCCCCCc1ccc(C2=C/C(=C(\c3ccc(C)cc3)c3cc(-c4ccc(CCCCCC)s4)c(-c4ccc(CCCCCC)s4)[nH]3)N=C2c2ccc(CCCCCC)s2)s1. The molecule has 2 nitrogen and oxygen atoms in total. The third-order valence-corrected chi connectivity index (χ3v) is 16.9. The zero-order valence-electron chi connectivity index (χ0n) is 38.3. The lowest BCUT2D eigenvalue weighted by Gasteiger charge is -2.09. The number of nitrogens with zero attached hydrogens (tertiary/aromatic N) is 1. The lowest BCUT2D eigenvalue weighted by molar-refractivity contribution is 0.670. The van der Waals surface area contributed by atoms with Crippen molar-refractivity contribution in [3.63, 3.8) is 0 Å². The van der Waals surface area contributed by atoms with Gasteiger partial charge in [0.25, 0.3) is 0 Å². The summed E-state index contributed by atoms with van der Waals surface area (Å²) in [5, 5.41) is 0. The lowest BCUT2D eigenvalue weighted by Crippen LogP contribution is -1.97. The van der Waals surface area contributed by atoms with Crippen LogP contribution in [0.3, 0.4) is 0 Å². The van der Waals surface area contributed by atoms with E-state index in [0.717, 1.165) is 42.8 Å². The molecule has 5 aromatic heterocycles. The van der Waals surface area contributed by atoms with Gasteiger partial charge >= 0.3 is 0 Å². The molecule has 6 heteroatoms. The molecule has 7 rings (SSSR count). The molecule has 1 aliphatic rings. The van der Waals surface area contributed by atoms with Crippen molar-refractivity contribution >= 4 is 62.2 Å². The van der Waals surface area contributed by atoms with E-state index in [2.05, 4.69) is 125 Å². The molecule has 0 saturated carbocycles. The van der Waals surface area contributed by atoms with E-state index in [9.17, 15) is 0 Å². The summed E-state index contributed by atoms with van der Waals surface area (Å²) in [6, 6.07) is 30.5. The van der Waals surface area contributed by atoms with Crippen molar-refractivity contribution in [2.45, 2.75) is 163 Å². The molecule has 0 spiro atoms. The summed E-state index contributed by atoms with van der Waals surface area (Å²) in [6.45, 7) is 11.4. The first-order chi connectivity index (χ1) is 30.5. The Balaban J connectivity index is 1.34. The van der Waals surface area contributed by atoms with Gasteiger partial charge in [0, 0.05) is 51.7 Å². The maximum absolute atomic E-state index is 5.71. The van der Waals surface area contributed by atoms with Gasteiger partial charge in [0.2, 0.25) is 0 Å². The molecule has 1 aliphatic heterocycles. The molecular formula is C56H70N2S4. The summed E-state index contributed by atoms with van der Waals surface area (Å²) in [5.41, 5.74) is 10.7. The number of thiophene rings is 4. The van der Waals surface area contributed by atoms with Gasteiger partial charge in [-0.1, -0.05) is 135 Å². The highest BCUT2D eigenvalue weighted by Crippen LogP contribution is 2.45. The smallest absolute Gasteiger partial charge is 0.0896 e. The van der Waals surface area contributed by atoms with Crippen LogP contribution in [0.2, 0.25) is 0 Å². The summed E-state index contributed by atoms with van der Waals surface area (Å²) < 4.78 is 0. The van der Waals surface area contributed by atoms with Crippen molar-refractivity contribution in [2.75, 3.05) is 0 Å². The zero-order chi connectivity index (χ0) is 43.1. The quantitative estimate of drug-likeness (QED) is 0.0526. The zero-order valence-corrected chi connectivity index (χ0v) is 41.6. The van der Waals surface area contributed by atoms with E-state index in [-0.39, 0.29) is 0 Å². The minimum atomic E-state index is 1.04. The van der Waals surface area contributed by atoms with Crippen molar-refractivity contribution in [1.29, 1.82) is 0 Å². The fourth-order valence-corrected chi connectivity index (χ4v) is 12.8. The third kappa shape index (κ3) is 12.4. The average Bonchev–Trinajstić information content (AvgIpc) is 4.15. The van der Waals surface area contributed by atoms with Crippen LogP contribution >= 0.6 is 45.3 Å². The number of aliphatic imine (C=N–C) groups is 1. The molecule has 0 atom stereocenters. The van der Waals surface area contributed by atoms with Gasteiger partial charge in [-0.2, -0.15) is 0 Å². The van der Waals surface area contributed by atoms with Crippen molar-refractivity contribution < 1.29 is 0 Å². The van der Waals surface area contributed by atoms with Crippen molar-refractivity contribution in [2.24, 2.45) is 4.99 Å². The maximum atomic E-state index is 5.71. The molecule has 0 radical (unpaired) electrons. The summed E-state index contributed by atoms with van der Waals surface area (Å²) in [5.74, 6) is 0. The fourth-order valence-electron chi connectivity index (χ4n) is 8.57. The van der Waals surface area contributed by atoms with Crippen LogP contribution < -0.4 is 0 Å². The third-order valence-electron chi connectivity index (χ3n) is 12.2. The Bertz CT molecular complexity index is 2250. The monoisotopic (exact) mass is 898 g/mol. The van der Waals surface area contributed by atoms with E-state index in [1.807, 2.05) is 45.3 Å². The molecule has 0 saturated heterocycles. The van der Waals surface area contributed by atoms with E-state index in [0.29, 0.717) is 0 Å². The predicted octanol–water partition coefficient (Wildman–Crippen LogP) is 18.7. The second-order valence-corrected chi connectivity index (χ2v) is 22.1. The van der Waals surface area contributed by atoms with Crippen LogP contribution in [0, 0.1) is 6.92 Å². The number of rotatable bonds is 26. The molecule has 1 aromatic carbocycles. The van der Waals surface area contributed by atoms with Crippen molar-refractivity contribution in [1.82, 2.24) is 4.98 Å². The molecule has 6 aromatic rings. The van der Waals surface area contributed by atoms with Crippen molar-refractivity contribution in [3.05, 3.63) is 137 Å². The number of H-pyrrole nitrogens is 1. The molecular weight excluding hydrogens is 829 g/mol. The standard InChI is InChI=1S/C56H70N2S4/c1-6-10-14-18-22-42-30-34-50(59-42)46-38-48(57-55(46)52-36-32-44(61-52)24-20-16-12-8-3)54(41-28-26-40(5)27-29-41)49-39-47(51-35-31-43(60-51)23-19-15-11-7-2)56(58-49)53-37-33-45(62-53)25-21-17-13-9-4/h26-39,57H,6-25H2,1-5H3/b54-49-. The second kappa shape index (κ2) is 23.9. The Labute approximate surface area is 390 Å². The van der Waals surface area contributed by atoms with E-state index >= 15 is 0 Å². The van der Waals surface area contributed by atoms with Crippen LogP contribution in [0.4, 0.5) is 0 Å². The molecule has 62 heavy (non-hydrogen) atoms. The van der Waals surface area contributed by atoms with Gasteiger partial charge in [-0.25, -0.2) is 4.99 Å². The molecule has 6 heterocycles. The highest BCUT2D eigenvalue weighted by molar-refractivity contribution is 7.17. The summed E-state index contributed by atoms with van der Waals surface area (Å²) in [7, 11) is 0. The van der Waals surface area contributed by atoms with Gasteiger partial charge < -0.3 is 4.98 Å². The fraction of sp³-hybridized carbons (Fsp3) is 0.446. The number of hydrogen-bond donors (Lipinski definition) is 1. The Kier molecular flexibility index (Phi) is 17.9. The minimum absolute atomic E-state index is 1.04. The first-order valence-corrected chi connectivity index (χ1v) is 27.5. The molecule has 328 valence electrons. The van der Waals surface area contributed by atoms with Gasteiger partial charge in [-0.05, 0) is 125 Å². The average molecular weight is 899 g/mol. The van der Waals surface area contributed by atoms with Crippen LogP contribution in [0.25, 0.3) is 32.2 Å². The number of allylic oxidation sites excluding steroid dienone is 2. The minimum Gasteiger partial charge on any atom is -0.353 e. The number of nitrogens with one attached hydrogen (secondary N) is 1. The number of aromatic amines is 1. The highest BCUT2D eigenvalue weighted by atomic mass is 32.1. The lowest BCUT2D eigenvalue weighted by atomic mass is 9.98. The van der Waals surface area contributed by atoms with Crippen LogP contribution in [-0.2, 0) is 25.7 Å². The summed E-state index contributed by atoms with van der Waals surface area (Å²) in [6.07, 6.45) is 27.6. The number of aryl methyl sites for hydroxylation is 5. The maximum Gasteiger partial charge on any atom is 0.0896 e. The molecule has 0 amide bonds. The largest absolute Gasteiger partial charge is 0.353 e. The second-order valence-electron chi connectivity index (χ2n) is 17.4. The Hall–Kier alpha value is -3.55. The van der Waals surface area contributed by atoms with Crippen LogP contribution in [0.1, 0.15) is 177 Å². The van der Waals surface area contributed by atoms with Gasteiger partial charge in [0.1, 0.15) is 0 Å².